The molecule has 102 valence electrons. The van der Waals surface area contributed by atoms with E-state index in [4.69, 9.17) is 0 Å². The van der Waals surface area contributed by atoms with Crippen molar-refractivity contribution in [2.24, 2.45) is 0 Å². The molecule has 0 saturated carbocycles. The van der Waals surface area contributed by atoms with Crippen LogP contribution in [0, 0.1) is 0 Å². The Morgan fingerprint density at radius 2 is 2.10 bits per heavy atom. The van der Waals surface area contributed by atoms with Crippen molar-refractivity contribution in [2.75, 3.05) is 5.32 Å². The first-order chi connectivity index (χ1) is 9.85. The van der Waals surface area contributed by atoms with Crippen molar-refractivity contribution in [3.05, 3.63) is 53.1 Å². The van der Waals surface area contributed by atoms with Crippen LogP contribution < -0.4 is 5.32 Å². The number of hydrogen-bond donors (Lipinski definition) is 1. The van der Waals surface area contributed by atoms with Gasteiger partial charge in [0, 0.05) is 23.7 Å². The van der Waals surface area contributed by atoms with Crippen LogP contribution >= 0.6 is 11.3 Å². The lowest BCUT2D eigenvalue weighted by molar-refractivity contribution is 0.660. The maximum Gasteiger partial charge on any atom is 0.112 e. The third-order valence-corrected chi connectivity index (χ3v) is 3.87. The highest BCUT2D eigenvalue weighted by atomic mass is 32.1. The molecular formula is C15H16N4S. The van der Waals surface area contributed by atoms with Gasteiger partial charge in [-0.25, -0.2) is 4.98 Å². The maximum atomic E-state index is 4.65. The predicted molar refractivity (Wildman–Crippen MR) is 82.8 cm³/mol. The fourth-order valence-corrected chi connectivity index (χ4v) is 2.68. The highest BCUT2D eigenvalue weighted by Crippen LogP contribution is 2.22. The van der Waals surface area contributed by atoms with Crippen molar-refractivity contribution in [1.29, 1.82) is 0 Å². The highest BCUT2D eigenvalue weighted by Gasteiger charge is 2.04. The van der Waals surface area contributed by atoms with E-state index in [-0.39, 0.29) is 0 Å². The van der Waals surface area contributed by atoms with Crippen LogP contribution in [-0.4, -0.2) is 14.8 Å². The van der Waals surface area contributed by atoms with E-state index in [9.17, 15) is 0 Å². The molecule has 0 unspecified atom stereocenters. The summed E-state index contributed by atoms with van der Waals surface area (Å²) in [6, 6.07) is 10.2. The average Bonchev–Trinajstić information content (AvgIpc) is 3.15. The van der Waals surface area contributed by atoms with E-state index in [0.717, 1.165) is 35.0 Å². The Hall–Kier alpha value is -2.14. The Morgan fingerprint density at radius 3 is 2.85 bits per heavy atom. The van der Waals surface area contributed by atoms with Crippen molar-refractivity contribution in [3.63, 3.8) is 0 Å². The van der Waals surface area contributed by atoms with Gasteiger partial charge in [0.15, 0.2) is 0 Å². The molecule has 0 fully saturated rings. The second-order valence-corrected chi connectivity index (χ2v) is 5.37. The van der Waals surface area contributed by atoms with Crippen LogP contribution in [0.25, 0.3) is 11.3 Å². The molecule has 2 aromatic heterocycles. The molecule has 0 saturated heterocycles. The molecule has 2 heterocycles. The molecule has 3 aromatic rings. The van der Waals surface area contributed by atoms with E-state index in [2.05, 4.69) is 39.8 Å². The quantitative estimate of drug-likeness (QED) is 0.778. The summed E-state index contributed by atoms with van der Waals surface area (Å²) in [6.45, 7) is 3.69. The molecule has 3 rings (SSSR count). The minimum Gasteiger partial charge on any atom is -0.376 e. The number of rotatable bonds is 5. The molecule has 20 heavy (non-hydrogen) atoms. The topological polar surface area (TPSA) is 42.7 Å². The SMILES string of the molecule is CCn1cc(NCc2nc(-c3ccccc3)cs2)cn1. The van der Waals surface area contributed by atoms with Gasteiger partial charge < -0.3 is 5.32 Å². The average molecular weight is 284 g/mol. The zero-order chi connectivity index (χ0) is 13.8. The van der Waals surface area contributed by atoms with Crippen LogP contribution in [0.2, 0.25) is 0 Å². The van der Waals surface area contributed by atoms with Crippen LogP contribution in [0.3, 0.4) is 0 Å². The molecule has 0 aliphatic heterocycles. The smallest absolute Gasteiger partial charge is 0.112 e. The number of aromatic nitrogens is 3. The maximum absolute atomic E-state index is 4.65. The minimum atomic E-state index is 0.729. The summed E-state index contributed by atoms with van der Waals surface area (Å²) in [5.74, 6) is 0. The second kappa shape index (κ2) is 5.88. The lowest BCUT2D eigenvalue weighted by Crippen LogP contribution is -1.98. The molecular weight excluding hydrogens is 268 g/mol. The predicted octanol–water partition coefficient (Wildman–Crippen LogP) is 3.64. The number of thiazole rings is 1. The fraction of sp³-hybridized carbons (Fsp3) is 0.200. The zero-order valence-corrected chi connectivity index (χ0v) is 12.1. The van der Waals surface area contributed by atoms with E-state index in [0.29, 0.717) is 0 Å². The first-order valence-electron chi connectivity index (χ1n) is 6.61. The highest BCUT2D eigenvalue weighted by molar-refractivity contribution is 7.09. The van der Waals surface area contributed by atoms with Gasteiger partial charge in [-0.05, 0) is 6.92 Å². The van der Waals surface area contributed by atoms with Crippen LogP contribution in [-0.2, 0) is 13.1 Å². The Bertz CT molecular complexity index is 672. The monoisotopic (exact) mass is 284 g/mol. The van der Waals surface area contributed by atoms with Crippen LogP contribution in [0.1, 0.15) is 11.9 Å². The van der Waals surface area contributed by atoms with E-state index in [1.165, 1.54) is 0 Å². The Kier molecular flexibility index (Phi) is 3.78. The van der Waals surface area contributed by atoms with Crippen molar-refractivity contribution in [3.8, 4) is 11.3 Å². The van der Waals surface area contributed by atoms with Crippen molar-refractivity contribution in [2.45, 2.75) is 20.0 Å². The van der Waals surface area contributed by atoms with Gasteiger partial charge in [-0.3, -0.25) is 4.68 Å². The van der Waals surface area contributed by atoms with Gasteiger partial charge in [-0.2, -0.15) is 5.10 Å². The molecule has 0 amide bonds. The van der Waals surface area contributed by atoms with Gasteiger partial charge >= 0.3 is 0 Å². The van der Waals surface area contributed by atoms with E-state index >= 15 is 0 Å². The van der Waals surface area contributed by atoms with Gasteiger partial charge in [-0.15, -0.1) is 11.3 Å². The molecule has 0 radical (unpaired) electrons. The van der Waals surface area contributed by atoms with Crippen LogP contribution in [0.15, 0.2) is 48.1 Å². The third-order valence-electron chi connectivity index (χ3n) is 3.02. The van der Waals surface area contributed by atoms with Gasteiger partial charge in [0.1, 0.15) is 5.01 Å². The molecule has 1 N–H and O–H groups in total. The molecule has 0 aliphatic rings. The Morgan fingerprint density at radius 1 is 1.25 bits per heavy atom. The lowest BCUT2D eigenvalue weighted by Gasteiger charge is -1.99. The van der Waals surface area contributed by atoms with Crippen molar-refractivity contribution < 1.29 is 0 Å². The number of aryl methyl sites for hydroxylation is 1. The third kappa shape index (κ3) is 2.88. The van der Waals surface area contributed by atoms with Crippen molar-refractivity contribution >= 4 is 17.0 Å². The fourth-order valence-electron chi connectivity index (χ4n) is 1.94. The summed E-state index contributed by atoms with van der Waals surface area (Å²) >= 11 is 1.68. The zero-order valence-electron chi connectivity index (χ0n) is 11.3. The Labute approximate surface area is 122 Å². The van der Waals surface area contributed by atoms with Crippen LogP contribution in [0.4, 0.5) is 5.69 Å². The van der Waals surface area contributed by atoms with E-state index in [1.807, 2.05) is 35.3 Å². The molecule has 0 bridgehead atoms. The van der Waals surface area contributed by atoms with Crippen molar-refractivity contribution in [1.82, 2.24) is 14.8 Å². The number of nitrogens with zero attached hydrogens (tertiary/aromatic N) is 3. The largest absolute Gasteiger partial charge is 0.376 e. The molecule has 0 spiro atoms. The molecule has 0 aliphatic carbocycles. The molecule has 4 nitrogen and oxygen atoms in total. The summed E-state index contributed by atoms with van der Waals surface area (Å²) in [5, 5.41) is 10.8. The number of hydrogen-bond acceptors (Lipinski definition) is 4. The second-order valence-electron chi connectivity index (χ2n) is 4.43. The first-order valence-corrected chi connectivity index (χ1v) is 7.49. The number of anilines is 1. The summed E-state index contributed by atoms with van der Waals surface area (Å²) in [5.41, 5.74) is 3.23. The number of benzene rings is 1. The van der Waals surface area contributed by atoms with E-state index in [1.54, 1.807) is 11.3 Å². The standard InChI is InChI=1S/C15H16N4S/c1-2-19-10-13(8-17-19)16-9-15-18-14(11-20-15)12-6-4-3-5-7-12/h3-8,10-11,16H,2,9H2,1H3. The van der Waals surface area contributed by atoms with Gasteiger partial charge in [0.2, 0.25) is 0 Å². The Balaban J connectivity index is 1.65. The first kappa shape index (κ1) is 12.9. The van der Waals surface area contributed by atoms with Crippen LogP contribution in [0.5, 0.6) is 0 Å². The normalized spacial score (nSPS) is 10.7. The van der Waals surface area contributed by atoms with Gasteiger partial charge in [0.05, 0.1) is 24.1 Å². The molecule has 1 aromatic carbocycles. The molecule has 5 heteroatoms. The summed E-state index contributed by atoms with van der Waals surface area (Å²) in [6.07, 6.45) is 3.85. The minimum absolute atomic E-state index is 0.729. The summed E-state index contributed by atoms with van der Waals surface area (Å²) < 4.78 is 1.90. The number of nitrogens with one attached hydrogen (secondary N) is 1. The van der Waals surface area contributed by atoms with E-state index < -0.39 is 0 Å². The van der Waals surface area contributed by atoms with Gasteiger partial charge in [-0.1, -0.05) is 30.3 Å². The molecule has 0 atom stereocenters. The lowest BCUT2D eigenvalue weighted by atomic mass is 10.2. The van der Waals surface area contributed by atoms with Gasteiger partial charge in [0.25, 0.3) is 0 Å². The summed E-state index contributed by atoms with van der Waals surface area (Å²) in [7, 11) is 0. The summed E-state index contributed by atoms with van der Waals surface area (Å²) in [4.78, 5) is 4.65.